The molecule has 84 valence electrons. The molecule has 1 aromatic rings. The van der Waals surface area contributed by atoms with Gasteiger partial charge in [0.05, 0.1) is 0 Å². The highest BCUT2D eigenvalue weighted by atomic mass is 35.5. The first kappa shape index (κ1) is 11.8. The number of nitrogens with zero attached hydrogens (tertiary/aromatic N) is 3. The maximum atomic E-state index is 11.7. The molecule has 0 saturated carbocycles. The van der Waals surface area contributed by atoms with Gasteiger partial charge in [0.1, 0.15) is 0 Å². The van der Waals surface area contributed by atoms with Gasteiger partial charge >= 0.3 is 17.1 Å². The van der Waals surface area contributed by atoms with E-state index < -0.39 is 22.6 Å². The van der Waals surface area contributed by atoms with Crippen molar-refractivity contribution in [1.82, 2.24) is 13.2 Å². The molecule has 0 N–H and O–H groups in total. The van der Waals surface area contributed by atoms with Gasteiger partial charge in [0.2, 0.25) is 0 Å². The molecule has 0 amide bonds. The zero-order valence-corrected chi connectivity index (χ0v) is 9.70. The molecule has 0 aliphatic rings. The van der Waals surface area contributed by atoms with E-state index in [1.807, 2.05) is 0 Å². The zero-order chi connectivity index (χ0) is 12.0. The van der Waals surface area contributed by atoms with Crippen molar-refractivity contribution < 1.29 is 0 Å². The van der Waals surface area contributed by atoms with Crippen molar-refractivity contribution in [3.63, 3.8) is 0 Å². The second-order valence-corrected chi connectivity index (χ2v) is 4.53. The molecule has 15 heavy (non-hydrogen) atoms. The van der Waals surface area contributed by atoms with E-state index >= 15 is 0 Å². The molecule has 0 atom stereocenters. The number of rotatable bonds is 0. The van der Waals surface area contributed by atoms with Gasteiger partial charge in [-0.3, -0.25) is 0 Å². The molecule has 1 heterocycles. The van der Waals surface area contributed by atoms with Crippen LogP contribution in [0.15, 0.2) is 14.4 Å². The summed E-state index contributed by atoms with van der Waals surface area (Å²) in [6, 6.07) is 0. The Morgan fingerprint density at radius 3 is 1.87 bits per heavy atom. The highest BCUT2D eigenvalue weighted by Gasteiger charge is 2.22. The molecule has 0 aliphatic heterocycles. The van der Waals surface area contributed by atoms with Crippen molar-refractivity contribution in [1.29, 1.82) is 0 Å². The van der Waals surface area contributed by atoms with E-state index in [0.29, 0.717) is 4.09 Å². The van der Waals surface area contributed by atoms with Gasteiger partial charge in [-0.1, -0.05) is 0 Å². The summed E-state index contributed by atoms with van der Waals surface area (Å²) < 4.78 is 2.12. The predicted molar refractivity (Wildman–Crippen MR) is 56.5 cm³/mol. The fourth-order valence-corrected chi connectivity index (χ4v) is 1.38. The molecular formula is C8H12ClN3O3. The van der Waals surface area contributed by atoms with Gasteiger partial charge in [0.15, 0.2) is 0 Å². The van der Waals surface area contributed by atoms with Crippen LogP contribution in [0.25, 0.3) is 0 Å². The lowest BCUT2D eigenvalue weighted by molar-refractivity contribution is 0.342. The van der Waals surface area contributed by atoms with Crippen LogP contribution in [0, 0.1) is 0 Å². The van der Waals surface area contributed by atoms with Crippen LogP contribution in [0.1, 0.15) is 20.8 Å². The third-order valence-electron chi connectivity index (χ3n) is 1.96. The van der Waals surface area contributed by atoms with Crippen LogP contribution in [0.3, 0.4) is 0 Å². The Kier molecular flexibility index (Phi) is 2.65. The average Bonchev–Trinajstić information content (AvgIpc) is 2.09. The van der Waals surface area contributed by atoms with E-state index in [4.69, 9.17) is 11.8 Å². The lowest BCUT2D eigenvalue weighted by Crippen LogP contribution is -2.55. The fourth-order valence-electron chi connectivity index (χ4n) is 1.19. The number of hydrogen-bond donors (Lipinski definition) is 0. The fraction of sp³-hybridized carbons (Fsp3) is 0.625. The first-order chi connectivity index (χ1) is 6.68. The van der Waals surface area contributed by atoms with Crippen molar-refractivity contribution >= 4 is 11.8 Å². The van der Waals surface area contributed by atoms with Gasteiger partial charge in [-0.05, 0) is 20.8 Å². The molecule has 0 aliphatic carbocycles. The molecule has 1 rings (SSSR count). The van der Waals surface area contributed by atoms with E-state index in [2.05, 4.69) is 0 Å². The maximum absolute atomic E-state index is 11.7. The molecule has 6 nitrogen and oxygen atoms in total. The lowest BCUT2D eigenvalue weighted by Gasteiger charge is -2.21. The van der Waals surface area contributed by atoms with Crippen LogP contribution in [0.2, 0.25) is 0 Å². The standard InChI is InChI=1S/C8H12ClN3O3/c1-8(2,3)11-5(13)10(4)6(14)12(9)7(11)15/h1-4H3. The zero-order valence-electron chi connectivity index (χ0n) is 8.94. The molecule has 0 spiro atoms. The van der Waals surface area contributed by atoms with Gasteiger partial charge in [-0.25, -0.2) is 23.5 Å². The Morgan fingerprint density at radius 1 is 1.00 bits per heavy atom. The minimum Gasteiger partial charge on any atom is -0.247 e. The van der Waals surface area contributed by atoms with Gasteiger partial charge in [0.25, 0.3) is 0 Å². The Morgan fingerprint density at radius 2 is 1.47 bits per heavy atom. The van der Waals surface area contributed by atoms with E-state index in [9.17, 15) is 14.4 Å². The van der Waals surface area contributed by atoms with E-state index in [0.717, 1.165) is 9.13 Å². The Hall–Kier alpha value is -1.30. The topological polar surface area (TPSA) is 66.0 Å². The minimum atomic E-state index is -0.841. The molecule has 0 bridgehead atoms. The summed E-state index contributed by atoms with van der Waals surface area (Å²) in [4.78, 5) is 34.5. The summed E-state index contributed by atoms with van der Waals surface area (Å²) in [5.74, 6) is 0. The van der Waals surface area contributed by atoms with Crippen molar-refractivity contribution in [2.75, 3.05) is 0 Å². The van der Waals surface area contributed by atoms with Crippen LogP contribution in [0.4, 0.5) is 0 Å². The molecule has 0 radical (unpaired) electrons. The van der Waals surface area contributed by atoms with Crippen LogP contribution in [-0.2, 0) is 12.6 Å². The van der Waals surface area contributed by atoms with Crippen LogP contribution < -0.4 is 17.1 Å². The SMILES string of the molecule is Cn1c(=O)n(Cl)c(=O)n(C(C)(C)C)c1=O. The van der Waals surface area contributed by atoms with Gasteiger partial charge in [-0.15, -0.1) is 0 Å². The molecule has 0 aromatic carbocycles. The van der Waals surface area contributed by atoms with Crippen molar-refractivity contribution in [3.8, 4) is 0 Å². The van der Waals surface area contributed by atoms with Gasteiger partial charge < -0.3 is 0 Å². The second-order valence-electron chi connectivity index (χ2n) is 4.19. The molecule has 7 heteroatoms. The Balaban J connectivity index is 3.95. The Labute approximate surface area is 90.4 Å². The van der Waals surface area contributed by atoms with Crippen LogP contribution in [0.5, 0.6) is 0 Å². The molecule has 1 aromatic heterocycles. The first-order valence-electron chi connectivity index (χ1n) is 4.29. The monoisotopic (exact) mass is 233 g/mol. The quantitative estimate of drug-likeness (QED) is 0.605. The van der Waals surface area contributed by atoms with Gasteiger partial charge in [-0.2, -0.15) is 4.09 Å². The van der Waals surface area contributed by atoms with Crippen LogP contribution in [-0.4, -0.2) is 13.2 Å². The van der Waals surface area contributed by atoms with Crippen LogP contribution >= 0.6 is 11.8 Å². The number of hydrogen-bond acceptors (Lipinski definition) is 3. The van der Waals surface area contributed by atoms with E-state index in [1.54, 1.807) is 20.8 Å². The third kappa shape index (κ3) is 1.77. The van der Waals surface area contributed by atoms with Crippen molar-refractivity contribution in [2.24, 2.45) is 7.05 Å². The van der Waals surface area contributed by atoms with Crippen molar-refractivity contribution in [2.45, 2.75) is 26.3 Å². The van der Waals surface area contributed by atoms with E-state index in [-0.39, 0.29) is 0 Å². The summed E-state index contributed by atoms with van der Waals surface area (Å²) in [6.45, 7) is 5.03. The summed E-state index contributed by atoms with van der Waals surface area (Å²) in [5.41, 5.74) is -3.06. The molecular weight excluding hydrogens is 222 g/mol. The molecule has 0 saturated heterocycles. The average molecular weight is 234 g/mol. The summed E-state index contributed by atoms with van der Waals surface area (Å²) >= 11 is 5.48. The highest BCUT2D eigenvalue weighted by molar-refractivity contribution is 6.14. The number of halogens is 1. The minimum absolute atomic E-state index is 0.395. The normalized spacial score (nSPS) is 11.8. The largest absolute Gasteiger partial charge is 0.351 e. The smallest absolute Gasteiger partial charge is 0.247 e. The third-order valence-corrected chi connectivity index (χ3v) is 2.25. The summed E-state index contributed by atoms with van der Waals surface area (Å²) in [7, 11) is 1.27. The molecule has 0 fully saturated rings. The van der Waals surface area contributed by atoms with E-state index in [1.165, 1.54) is 7.05 Å². The number of aromatic nitrogens is 3. The second kappa shape index (κ2) is 3.37. The maximum Gasteiger partial charge on any atom is 0.351 e. The summed E-state index contributed by atoms with van der Waals surface area (Å²) in [6.07, 6.45) is 0. The Bertz CT molecular complexity index is 518. The first-order valence-corrected chi connectivity index (χ1v) is 4.63. The van der Waals surface area contributed by atoms with Gasteiger partial charge in [0, 0.05) is 24.4 Å². The predicted octanol–water partition coefficient (Wildman–Crippen LogP) is -0.534. The molecule has 0 unspecified atom stereocenters. The highest BCUT2D eigenvalue weighted by Crippen LogP contribution is 2.06. The lowest BCUT2D eigenvalue weighted by atomic mass is 10.1. The van der Waals surface area contributed by atoms with Crippen molar-refractivity contribution in [3.05, 3.63) is 31.5 Å². The summed E-state index contributed by atoms with van der Waals surface area (Å²) in [5, 5.41) is 0.